The third-order valence-electron chi connectivity index (χ3n) is 3.54. The average Bonchev–Trinajstić information content (AvgIpc) is 2.25. The van der Waals surface area contributed by atoms with Gasteiger partial charge in [-0.05, 0) is 37.5 Å². The highest BCUT2D eigenvalue weighted by atomic mass is 16.1. The average molecular weight is 240 g/mol. The van der Waals surface area contributed by atoms with E-state index in [4.69, 9.17) is 0 Å². The standard InChI is InChI=1S/C14H28N2O/c1-4-6-16-14(17)5-7-15-13-9-11(2)8-12(3)10-13/h11-13,15H,4-10H2,1-3H3,(H,16,17). The molecule has 0 bridgehead atoms. The second kappa shape index (κ2) is 7.70. The summed E-state index contributed by atoms with van der Waals surface area (Å²) < 4.78 is 0. The largest absolute Gasteiger partial charge is 0.356 e. The first kappa shape index (κ1) is 14.5. The monoisotopic (exact) mass is 240 g/mol. The van der Waals surface area contributed by atoms with Gasteiger partial charge in [-0.25, -0.2) is 0 Å². The summed E-state index contributed by atoms with van der Waals surface area (Å²) in [4.78, 5) is 11.4. The fourth-order valence-corrected chi connectivity index (χ4v) is 2.86. The minimum atomic E-state index is 0.177. The maximum atomic E-state index is 11.4. The quantitative estimate of drug-likeness (QED) is 0.748. The maximum absolute atomic E-state index is 11.4. The maximum Gasteiger partial charge on any atom is 0.221 e. The zero-order valence-corrected chi connectivity index (χ0v) is 11.6. The van der Waals surface area contributed by atoms with Crippen molar-refractivity contribution in [1.82, 2.24) is 10.6 Å². The summed E-state index contributed by atoms with van der Waals surface area (Å²) in [6, 6.07) is 0.618. The Balaban J connectivity index is 2.11. The Hall–Kier alpha value is -0.570. The van der Waals surface area contributed by atoms with E-state index < -0.39 is 0 Å². The van der Waals surface area contributed by atoms with Gasteiger partial charge in [0.05, 0.1) is 0 Å². The van der Waals surface area contributed by atoms with E-state index in [0.29, 0.717) is 12.5 Å². The van der Waals surface area contributed by atoms with E-state index in [1.807, 2.05) is 0 Å². The molecule has 100 valence electrons. The molecule has 0 saturated heterocycles. The zero-order chi connectivity index (χ0) is 12.7. The molecule has 0 radical (unpaired) electrons. The molecule has 0 spiro atoms. The van der Waals surface area contributed by atoms with Crippen molar-refractivity contribution in [3.63, 3.8) is 0 Å². The molecule has 1 saturated carbocycles. The molecule has 2 atom stereocenters. The summed E-state index contributed by atoms with van der Waals surface area (Å²) in [7, 11) is 0. The summed E-state index contributed by atoms with van der Waals surface area (Å²) in [6.45, 7) is 8.36. The molecule has 1 rings (SSSR count). The van der Waals surface area contributed by atoms with Crippen LogP contribution in [0.1, 0.15) is 52.9 Å². The smallest absolute Gasteiger partial charge is 0.221 e. The first-order valence-electron chi connectivity index (χ1n) is 7.11. The molecular formula is C14H28N2O. The number of rotatable bonds is 6. The Labute approximate surface area is 106 Å². The third-order valence-corrected chi connectivity index (χ3v) is 3.54. The van der Waals surface area contributed by atoms with Crippen molar-refractivity contribution < 1.29 is 4.79 Å². The molecule has 0 aromatic rings. The molecule has 1 fully saturated rings. The molecule has 3 heteroatoms. The molecule has 0 aromatic heterocycles. The lowest BCUT2D eigenvalue weighted by Gasteiger charge is -2.32. The van der Waals surface area contributed by atoms with Crippen LogP contribution in [0.3, 0.4) is 0 Å². The minimum Gasteiger partial charge on any atom is -0.356 e. The lowest BCUT2D eigenvalue weighted by atomic mass is 9.80. The molecule has 1 aliphatic rings. The molecule has 1 amide bonds. The van der Waals surface area contributed by atoms with Gasteiger partial charge in [-0.15, -0.1) is 0 Å². The Kier molecular flexibility index (Phi) is 6.56. The van der Waals surface area contributed by atoms with Crippen LogP contribution in [0.25, 0.3) is 0 Å². The van der Waals surface area contributed by atoms with Crippen LogP contribution >= 0.6 is 0 Å². The van der Waals surface area contributed by atoms with Gasteiger partial charge >= 0.3 is 0 Å². The molecule has 2 unspecified atom stereocenters. The van der Waals surface area contributed by atoms with Crippen molar-refractivity contribution in [2.75, 3.05) is 13.1 Å². The summed E-state index contributed by atoms with van der Waals surface area (Å²) in [5.74, 6) is 1.83. The minimum absolute atomic E-state index is 0.177. The van der Waals surface area contributed by atoms with E-state index in [-0.39, 0.29) is 5.91 Å². The highest BCUT2D eigenvalue weighted by molar-refractivity contribution is 5.75. The molecule has 0 heterocycles. The van der Waals surface area contributed by atoms with Gasteiger partial charge in [0.2, 0.25) is 5.91 Å². The van der Waals surface area contributed by atoms with Crippen molar-refractivity contribution in [3.05, 3.63) is 0 Å². The van der Waals surface area contributed by atoms with Crippen molar-refractivity contribution in [1.29, 1.82) is 0 Å². The predicted molar refractivity (Wildman–Crippen MR) is 71.9 cm³/mol. The Morgan fingerprint density at radius 2 is 1.76 bits per heavy atom. The van der Waals surface area contributed by atoms with Crippen LogP contribution in [0.4, 0.5) is 0 Å². The van der Waals surface area contributed by atoms with Crippen molar-refractivity contribution >= 4 is 5.91 Å². The SMILES string of the molecule is CCCNC(=O)CCNC1CC(C)CC(C)C1. The van der Waals surface area contributed by atoms with Crippen molar-refractivity contribution in [2.24, 2.45) is 11.8 Å². The van der Waals surface area contributed by atoms with Gasteiger partial charge in [0.25, 0.3) is 0 Å². The Morgan fingerprint density at radius 1 is 1.12 bits per heavy atom. The highest BCUT2D eigenvalue weighted by Gasteiger charge is 2.23. The second-order valence-electron chi connectivity index (χ2n) is 5.67. The fourth-order valence-electron chi connectivity index (χ4n) is 2.86. The topological polar surface area (TPSA) is 41.1 Å². The zero-order valence-electron chi connectivity index (χ0n) is 11.6. The van der Waals surface area contributed by atoms with E-state index >= 15 is 0 Å². The number of hydrogen-bond acceptors (Lipinski definition) is 2. The molecule has 3 nitrogen and oxygen atoms in total. The lowest BCUT2D eigenvalue weighted by molar-refractivity contribution is -0.121. The van der Waals surface area contributed by atoms with Crippen LogP contribution in [0.2, 0.25) is 0 Å². The molecule has 0 aromatic carbocycles. The van der Waals surface area contributed by atoms with Gasteiger partial charge in [0.1, 0.15) is 0 Å². The van der Waals surface area contributed by atoms with Crippen molar-refractivity contribution in [3.8, 4) is 0 Å². The Bertz CT molecular complexity index is 220. The van der Waals surface area contributed by atoms with Gasteiger partial charge in [-0.2, -0.15) is 0 Å². The van der Waals surface area contributed by atoms with Crippen LogP contribution in [-0.2, 0) is 4.79 Å². The molecule has 2 N–H and O–H groups in total. The molecule has 17 heavy (non-hydrogen) atoms. The predicted octanol–water partition coefficient (Wildman–Crippen LogP) is 2.32. The number of hydrogen-bond donors (Lipinski definition) is 2. The first-order valence-corrected chi connectivity index (χ1v) is 7.11. The summed E-state index contributed by atoms with van der Waals surface area (Å²) in [6.07, 6.45) is 5.51. The van der Waals surface area contributed by atoms with Crippen LogP contribution in [0, 0.1) is 11.8 Å². The highest BCUT2D eigenvalue weighted by Crippen LogP contribution is 2.28. The number of carbonyl (C=O) groups excluding carboxylic acids is 1. The van der Waals surface area contributed by atoms with E-state index in [2.05, 4.69) is 31.4 Å². The lowest BCUT2D eigenvalue weighted by Crippen LogP contribution is -2.38. The molecular weight excluding hydrogens is 212 g/mol. The summed E-state index contributed by atoms with van der Waals surface area (Å²) in [5.41, 5.74) is 0. The normalized spacial score (nSPS) is 29.0. The van der Waals surface area contributed by atoms with Gasteiger partial charge in [-0.1, -0.05) is 20.8 Å². The van der Waals surface area contributed by atoms with Crippen LogP contribution in [0.5, 0.6) is 0 Å². The summed E-state index contributed by atoms with van der Waals surface area (Å²) >= 11 is 0. The van der Waals surface area contributed by atoms with Crippen LogP contribution in [-0.4, -0.2) is 25.0 Å². The summed E-state index contributed by atoms with van der Waals surface area (Å²) in [5, 5.41) is 6.44. The Morgan fingerprint density at radius 3 is 2.35 bits per heavy atom. The van der Waals surface area contributed by atoms with Gasteiger partial charge in [0, 0.05) is 25.6 Å². The molecule has 0 aliphatic heterocycles. The number of nitrogens with one attached hydrogen (secondary N) is 2. The van der Waals surface area contributed by atoms with E-state index in [1.54, 1.807) is 0 Å². The third kappa shape index (κ3) is 6.06. The van der Waals surface area contributed by atoms with E-state index in [0.717, 1.165) is 31.3 Å². The van der Waals surface area contributed by atoms with E-state index in [9.17, 15) is 4.79 Å². The van der Waals surface area contributed by atoms with Crippen LogP contribution in [0.15, 0.2) is 0 Å². The van der Waals surface area contributed by atoms with Gasteiger partial charge in [0.15, 0.2) is 0 Å². The van der Waals surface area contributed by atoms with Gasteiger partial charge in [-0.3, -0.25) is 4.79 Å². The fraction of sp³-hybridized carbons (Fsp3) is 0.929. The first-order chi connectivity index (χ1) is 8.11. The molecule has 1 aliphatic carbocycles. The van der Waals surface area contributed by atoms with Gasteiger partial charge < -0.3 is 10.6 Å². The number of amides is 1. The van der Waals surface area contributed by atoms with Crippen molar-refractivity contribution in [2.45, 2.75) is 58.9 Å². The van der Waals surface area contributed by atoms with E-state index in [1.165, 1.54) is 19.3 Å². The second-order valence-corrected chi connectivity index (χ2v) is 5.67. The number of carbonyl (C=O) groups is 1. The van der Waals surface area contributed by atoms with Crippen LogP contribution < -0.4 is 10.6 Å².